The van der Waals surface area contributed by atoms with Crippen molar-refractivity contribution in [3.05, 3.63) is 86.6 Å². The fourth-order valence-corrected chi connectivity index (χ4v) is 5.39. The van der Waals surface area contributed by atoms with Crippen LogP contribution < -0.4 is 5.32 Å². The van der Waals surface area contributed by atoms with Crippen molar-refractivity contribution in [2.45, 2.75) is 34.6 Å². The fraction of sp³-hybridized carbons (Fsp3) is 0.214. The number of amides is 3. The van der Waals surface area contributed by atoms with Gasteiger partial charge in [0.1, 0.15) is 6.54 Å². The molecule has 0 saturated carbocycles. The van der Waals surface area contributed by atoms with Crippen molar-refractivity contribution in [1.82, 2.24) is 9.47 Å². The van der Waals surface area contributed by atoms with Gasteiger partial charge >= 0.3 is 5.97 Å². The van der Waals surface area contributed by atoms with Crippen molar-refractivity contribution in [3.8, 4) is 5.69 Å². The number of aromatic carboxylic acids is 1. The lowest BCUT2D eigenvalue weighted by Gasteiger charge is -2.15. The Bertz CT molecular complexity index is 1460. The highest BCUT2D eigenvalue weighted by Crippen LogP contribution is 2.34. The summed E-state index contributed by atoms with van der Waals surface area (Å²) < 4.78 is 1.95. The Morgan fingerprint density at radius 2 is 1.59 bits per heavy atom. The first-order valence-electron chi connectivity index (χ1n) is 11.6. The van der Waals surface area contributed by atoms with E-state index in [1.54, 1.807) is 18.2 Å². The third kappa shape index (κ3) is 5.22. The molecule has 0 bridgehead atoms. The summed E-state index contributed by atoms with van der Waals surface area (Å²) in [6, 6.07) is 12.3. The van der Waals surface area contributed by atoms with Gasteiger partial charge in [-0.25, -0.2) is 4.79 Å². The largest absolute Gasteiger partial charge is 0.478 e. The number of carbonyl (C=O) groups excluding carboxylic acids is 3. The molecule has 0 radical (unpaired) electrons. The lowest BCUT2D eigenvalue weighted by Crippen LogP contribution is -2.36. The monoisotopic (exact) mass is 517 g/mol. The average molecular weight is 518 g/mol. The zero-order valence-electron chi connectivity index (χ0n) is 21.2. The molecular formula is C28H27N3O5S. The van der Waals surface area contributed by atoms with Crippen LogP contribution in [0.15, 0.2) is 47.4 Å². The molecule has 1 saturated heterocycles. The van der Waals surface area contributed by atoms with Gasteiger partial charge in [0.15, 0.2) is 0 Å². The summed E-state index contributed by atoms with van der Waals surface area (Å²) in [5, 5.41) is 11.5. The van der Waals surface area contributed by atoms with Gasteiger partial charge in [-0.05, 0) is 99.5 Å². The van der Waals surface area contributed by atoms with Crippen molar-refractivity contribution >= 4 is 46.5 Å². The molecule has 3 aromatic rings. The topological polar surface area (TPSA) is 109 Å². The molecule has 8 nitrogen and oxygen atoms in total. The molecule has 2 aromatic carbocycles. The Morgan fingerprint density at radius 1 is 0.973 bits per heavy atom. The lowest BCUT2D eigenvalue weighted by molar-refractivity contribution is -0.127. The number of anilines is 1. The third-order valence-electron chi connectivity index (χ3n) is 6.25. The maximum absolute atomic E-state index is 13.0. The number of carboxylic acid groups (broad SMARTS) is 1. The number of imide groups is 1. The lowest BCUT2D eigenvalue weighted by atomic mass is 10.1. The maximum atomic E-state index is 13.0. The third-order valence-corrected chi connectivity index (χ3v) is 7.15. The Hall–Kier alpha value is -4.11. The van der Waals surface area contributed by atoms with E-state index in [9.17, 15) is 19.2 Å². The molecule has 9 heteroatoms. The molecular weight excluding hydrogens is 490 g/mol. The van der Waals surface area contributed by atoms with Crippen molar-refractivity contribution in [3.63, 3.8) is 0 Å². The van der Waals surface area contributed by atoms with Crippen LogP contribution in [0.5, 0.6) is 0 Å². The number of nitrogens with zero attached hydrogens (tertiary/aromatic N) is 2. The van der Waals surface area contributed by atoms with Crippen LogP contribution in [0.1, 0.15) is 44.0 Å². The van der Waals surface area contributed by atoms with E-state index >= 15 is 0 Å². The van der Waals surface area contributed by atoms with Gasteiger partial charge in [-0.2, -0.15) is 0 Å². The summed E-state index contributed by atoms with van der Waals surface area (Å²) in [6.45, 7) is 9.19. The number of carboxylic acids is 1. The first kappa shape index (κ1) is 26.0. The molecule has 1 aromatic heterocycles. The zero-order valence-corrected chi connectivity index (χ0v) is 22.0. The summed E-state index contributed by atoms with van der Waals surface area (Å²) >= 11 is 0.802. The smallest absolute Gasteiger partial charge is 0.335 e. The van der Waals surface area contributed by atoms with E-state index in [0.717, 1.165) is 56.0 Å². The van der Waals surface area contributed by atoms with E-state index in [4.69, 9.17) is 5.11 Å². The molecule has 0 atom stereocenters. The van der Waals surface area contributed by atoms with Crippen molar-refractivity contribution in [2.75, 3.05) is 11.9 Å². The summed E-state index contributed by atoms with van der Waals surface area (Å²) in [5.74, 6) is -1.96. The van der Waals surface area contributed by atoms with Crippen molar-refractivity contribution < 1.29 is 24.3 Å². The number of benzene rings is 2. The summed E-state index contributed by atoms with van der Waals surface area (Å²) in [5.41, 5.74) is 7.02. The molecule has 2 heterocycles. The average Bonchev–Trinajstić information content (AvgIpc) is 3.25. The van der Waals surface area contributed by atoms with Crippen LogP contribution in [0.25, 0.3) is 11.8 Å². The zero-order chi connectivity index (χ0) is 27.0. The van der Waals surface area contributed by atoms with Gasteiger partial charge < -0.3 is 15.0 Å². The quantitative estimate of drug-likeness (QED) is 0.424. The highest BCUT2D eigenvalue weighted by atomic mass is 32.2. The SMILES string of the molecule is Cc1cc(C)c(NC(=O)CN2C(=O)S/C(=C/c3cc(C)n(-c4ccc(C(=O)O)cc4)c3C)C2=O)c(C)c1. The standard InChI is InChI=1S/C28H27N3O5S/c1-15-10-16(2)25(17(3)11-15)29-24(32)14-30-26(33)23(37-28(30)36)13-21-12-18(4)31(19(21)5)22-8-6-20(7-9-22)27(34)35/h6-13H,14H2,1-5H3,(H,29,32)(H,34,35)/b23-13+. The summed E-state index contributed by atoms with van der Waals surface area (Å²) in [4.78, 5) is 50.7. The number of nitrogens with one attached hydrogen (secondary N) is 1. The predicted octanol–water partition coefficient (Wildman–Crippen LogP) is 5.39. The van der Waals surface area contributed by atoms with Crippen molar-refractivity contribution in [1.29, 1.82) is 0 Å². The molecule has 0 spiro atoms. The number of hydrogen-bond acceptors (Lipinski definition) is 5. The number of aryl methyl sites for hydroxylation is 4. The van der Waals surface area contributed by atoms with Crippen LogP contribution in [-0.2, 0) is 9.59 Å². The highest BCUT2D eigenvalue weighted by Gasteiger charge is 2.36. The second kappa shape index (κ2) is 10.1. The first-order valence-corrected chi connectivity index (χ1v) is 12.4. The molecule has 0 aliphatic carbocycles. The number of aromatic nitrogens is 1. The van der Waals surface area contributed by atoms with Crippen LogP contribution in [0.4, 0.5) is 10.5 Å². The van der Waals surface area contributed by atoms with Gasteiger partial charge in [0.05, 0.1) is 10.5 Å². The molecule has 2 N–H and O–H groups in total. The normalized spacial score (nSPS) is 14.5. The minimum absolute atomic E-state index is 0.192. The van der Waals surface area contributed by atoms with Gasteiger partial charge in [0.2, 0.25) is 5.91 Å². The number of carbonyl (C=O) groups is 4. The van der Waals surface area contributed by atoms with Crippen LogP contribution in [-0.4, -0.2) is 44.1 Å². The van der Waals surface area contributed by atoms with Gasteiger partial charge in [0.25, 0.3) is 11.1 Å². The highest BCUT2D eigenvalue weighted by molar-refractivity contribution is 8.18. The van der Waals surface area contributed by atoms with E-state index < -0.39 is 23.0 Å². The van der Waals surface area contributed by atoms with Gasteiger partial charge in [-0.1, -0.05) is 17.7 Å². The molecule has 190 valence electrons. The molecule has 1 fully saturated rings. The molecule has 1 aliphatic rings. The van der Waals surface area contributed by atoms with Gasteiger partial charge in [0, 0.05) is 22.8 Å². The molecule has 4 rings (SSSR count). The van der Waals surface area contributed by atoms with E-state index in [-0.39, 0.29) is 17.0 Å². The number of thioether (sulfide) groups is 1. The Kier molecular flexibility index (Phi) is 7.09. The Labute approximate surface area is 219 Å². The minimum atomic E-state index is -0.998. The van der Waals surface area contributed by atoms with Crippen LogP contribution in [0, 0.1) is 34.6 Å². The summed E-state index contributed by atoms with van der Waals surface area (Å²) in [6.07, 6.45) is 1.65. The van der Waals surface area contributed by atoms with Crippen LogP contribution in [0.2, 0.25) is 0 Å². The molecule has 1 aliphatic heterocycles. The molecule has 37 heavy (non-hydrogen) atoms. The van der Waals surface area contributed by atoms with Gasteiger partial charge in [-0.3, -0.25) is 19.3 Å². The van der Waals surface area contributed by atoms with Crippen LogP contribution in [0.3, 0.4) is 0 Å². The van der Waals surface area contributed by atoms with E-state index in [2.05, 4.69) is 5.32 Å². The predicted molar refractivity (Wildman–Crippen MR) is 144 cm³/mol. The van der Waals surface area contributed by atoms with E-state index in [0.29, 0.717) is 5.69 Å². The fourth-order valence-electron chi connectivity index (χ4n) is 4.56. The number of hydrogen-bond donors (Lipinski definition) is 2. The second-order valence-electron chi connectivity index (χ2n) is 9.10. The molecule has 0 unspecified atom stereocenters. The Morgan fingerprint density at radius 3 is 2.19 bits per heavy atom. The van der Waals surface area contributed by atoms with Gasteiger partial charge in [-0.15, -0.1) is 0 Å². The Balaban J connectivity index is 1.53. The molecule has 3 amide bonds. The number of rotatable bonds is 6. The van der Waals surface area contributed by atoms with Crippen LogP contribution >= 0.6 is 11.8 Å². The first-order chi connectivity index (χ1) is 17.5. The maximum Gasteiger partial charge on any atom is 0.335 e. The second-order valence-corrected chi connectivity index (χ2v) is 10.1. The minimum Gasteiger partial charge on any atom is -0.478 e. The summed E-state index contributed by atoms with van der Waals surface area (Å²) in [7, 11) is 0. The van der Waals surface area contributed by atoms with Crippen molar-refractivity contribution in [2.24, 2.45) is 0 Å². The van der Waals surface area contributed by atoms with E-state index in [1.807, 2.05) is 57.4 Å². The van der Waals surface area contributed by atoms with E-state index in [1.165, 1.54) is 12.1 Å².